The summed E-state index contributed by atoms with van der Waals surface area (Å²) in [5.74, 6) is 0.0320. The lowest BCUT2D eigenvalue weighted by molar-refractivity contribution is 0.400. The van der Waals surface area contributed by atoms with Crippen molar-refractivity contribution in [1.82, 2.24) is 9.97 Å². The number of rotatable bonds is 5. The van der Waals surface area contributed by atoms with E-state index in [1.54, 1.807) is 0 Å². The minimum atomic E-state index is -0.498. The van der Waals surface area contributed by atoms with E-state index in [4.69, 9.17) is 0 Å². The molecule has 28 heavy (non-hydrogen) atoms. The number of hydrogen-bond acceptors (Lipinski definition) is 2. The molecule has 2 saturated carbocycles. The van der Waals surface area contributed by atoms with E-state index in [2.05, 4.69) is 41.8 Å². The highest BCUT2D eigenvalue weighted by atomic mass is 79.9. The summed E-state index contributed by atoms with van der Waals surface area (Å²) < 4.78 is 31.2. The SMILES string of the molecule is CC(C)c1cc(Br)c(C2CC2C(C)(C)c2ncc(C3CC3)c(Br)c2F)c(F)n1. The van der Waals surface area contributed by atoms with Crippen molar-refractivity contribution in [3.63, 3.8) is 0 Å². The standard InChI is InChI=1S/C22H24Br2F2N2/c1-10(2)16-8-15(23)17(21(26)28-16)12-7-14(12)22(3,4)20-19(25)18(24)13(9-27-20)11-5-6-11/h8-12,14H,5-7H2,1-4H3. The normalized spacial score (nSPS) is 22.0. The summed E-state index contributed by atoms with van der Waals surface area (Å²) in [6.45, 7) is 8.01. The Hall–Kier alpha value is -0.880. The van der Waals surface area contributed by atoms with E-state index in [-0.39, 0.29) is 23.6 Å². The molecule has 2 heterocycles. The van der Waals surface area contributed by atoms with Gasteiger partial charge in [-0.15, -0.1) is 0 Å². The monoisotopic (exact) mass is 512 g/mol. The Morgan fingerprint density at radius 2 is 1.86 bits per heavy atom. The number of aromatic nitrogens is 2. The molecule has 2 aromatic heterocycles. The van der Waals surface area contributed by atoms with Crippen LogP contribution in [0.25, 0.3) is 0 Å². The van der Waals surface area contributed by atoms with E-state index in [1.807, 2.05) is 40.0 Å². The second kappa shape index (κ2) is 7.12. The molecule has 2 aliphatic carbocycles. The van der Waals surface area contributed by atoms with E-state index in [1.165, 1.54) is 0 Å². The molecule has 0 spiro atoms. The molecular formula is C22H24Br2F2N2. The molecule has 2 aliphatic rings. The van der Waals surface area contributed by atoms with E-state index >= 15 is 4.39 Å². The average molecular weight is 514 g/mol. The molecule has 150 valence electrons. The molecule has 0 aliphatic heterocycles. The molecule has 2 unspecified atom stereocenters. The minimum absolute atomic E-state index is 0.0150. The molecule has 0 bridgehead atoms. The lowest BCUT2D eigenvalue weighted by Crippen LogP contribution is -2.25. The zero-order chi connectivity index (χ0) is 20.4. The van der Waals surface area contributed by atoms with Gasteiger partial charge in [0.25, 0.3) is 0 Å². The molecule has 6 heteroatoms. The summed E-state index contributed by atoms with van der Waals surface area (Å²) in [6, 6.07) is 1.91. The van der Waals surface area contributed by atoms with Crippen molar-refractivity contribution in [2.75, 3.05) is 0 Å². The van der Waals surface area contributed by atoms with E-state index in [0.717, 1.165) is 35.0 Å². The number of hydrogen-bond donors (Lipinski definition) is 0. The third-order valence-corrected chi connectivity index (χ3v) is 7.74. The maximum Gasteiger partial charge on any atom is 0.217 e. The smallest absolute Gasteiger partial charge is 0.217 e. The topological polar surface area (TPSA) is 25.8 Å². The Labute approximate surface area is 181 Å². The van der Waals surface area contributed by atoms with Crippen LogP contribution in [0.3, 0.4) is 0 Å². The highest BCUT2D eigenvalue weighted by Gasteiger charge is 2.52. The molecule has 0 N–H and O–H groups in total. The molecule has 0 amide bonds. The minimum Gasteiger partial charge on any atom is -0.257 e. The van der Waals surface area contributed by atoms with Crippen molar-refractivity contribution >= 4 is 31.9 Å². The van der Waals surface area contributed by atoms with Crippen LogP contribution >= 0.6 is 31.9 Å². The predicted molar refractivity (Wildman–Crippen MR) is 114 cm³/mol. The van der Waals surface area contributed by atoms with E-state index < -0.39 is 11.4 Å². The van der Waals surface area contributed by atoms with Crippen molar-refractivity contribution in [3.8, 4) is 0 Å². The highest BCUT2D eigenvalue weighted by molar-refractivity contribution is 9.10. The highest BCUT2D eigenvalue weighted by Crippen LogP contribution is 2.59. The maximum atomic E-state index is 15.2. The van der Waals surface area contributed by atoms with E-state index in [0.29, 0.717) is 21.6 Å². The van der Waals surface area contributed by atoms with Crippen molar-refractivity contribution < 1.29 is 8.78 Å². The first-order chi connectivity index (χ1) is 13.1. The molecule has 4 rings (SSSR count). The Balaban J connectivity index is 1.64. The van der Waals surface area contributed by atoms with Crippen molar-refractivity contribution in [3.05, 3.63) is 55.5 Å². The van der Waals surface area contributed by atoms with Gasteiger partial charge in [0.1, 0.15) is 0 Å². The van der Waals surface area contributed by atoms with E-state index in [9.17, 15) is 4.39 Å². The van der Waals surface area contributed by atoms with Gasteiger partial charge in [-0.3, -0.25) is 4.98 Å². The molecule has 2 aromatic rings. The second-order valence-corrected chi connectivity index (χ2v) is 10.7. The maximum absolute atomic E-state index is 15.2. The Morgan fingerprint density at radius 1 is 1.18 bits per heavy atom. The first-order valence-corrected chi connectivity index (χ1v) is 11.4. The predicted octanol–water partition coefficient (Wildman–Crippen LogP) is 7.36. The van der Waals surface area contributed by atoms with Gasteiger partial charge in [0, 0.05) is 27.3 Å². The van der Waals surface area contributed by atoms with Crippen LogP contribution in [-0.4, -0.2) is 9.97 Å². The Bertz CT molecular complexity index is 915. The molecule has 2 atom stereocenters. The Morgan fingerprint density at radius 3 is 2.43 bits per heavy atom. The summed E-state index contributed by atoms with van der Waals surface area (Å²) in [4.78, 5) is 8.68. The van der Waals surface area contributed by atoms with Crippen LogP contribution in [0.15, 0.2) is 21.2 Å². The summed E-state index contributed by atoms with van der Waals surface area (Å²) >= 11 is 6.98. The van der Waals surface area contributed by atoms with Crippen molar-refractivity contribution in [2.45, 2.75) is 70.1 Å². The lowest BCUT2D eigenvalue weighted by atomic mass is 9.81. The second-order valence-electron chi connectivity index (χ2n) is 9.02. The summed E-state index contributed by atoms with van der Waals surface area (Å²) in [6.07, 6.45) is 4.81. The molecule has 2 fully saturated rings. The van der Waals surface area contributed by atoms with Gasteiger partial charge < -0.3 is 0 Å². The van der Waals surface area contributed by atoms with Gasteiger partial charge in [-0.2, -0.15) is 4.39 Å². The molecule has 0 saturated heterocycles. The summed E-state index contributed by atoms with van der Waals surface area (Å²) in [5.41, 5.74) is 2.27. The largest absolute Gasteiger partial charge is 0.257 e. The third kappa shape index (κ3) is 3.45. The van der Waals surface area contributed by atoms with Gasteiger partial charge in [0.15, 0.2) is 5.82 Å². The number of nitrogens with zero attached hydrogens (tertiary/aromatic N) is 2. The van der Waals surface area contributed by atoms with Gasteiger partial charge >= 0.3 is 0 Å². The zero-order valence-corrected chi connectivity index (χ0v) is 19.7. The van der Waals surface area contributed by atoms with Crippen LogP contribution in [0, 0.1) is 17.7 Å². The molecular weight excluding hydrogens is 490 g/mol. The average Bonchev–Trinajstić information content (AvgIpc) is 3.50. The van der Waals surface area contributed by atoms with Crippen molar-refractivity contribution in [1.29, 1.82) is 0 Å². The number of halogens is 4. The first kappa shape index (κ1) is 20.4. The Kier molecular flexibility index (Phi) is 5.18. The molecule has 2 nitrogen and oxygen atoms in total. The van der Waals surface area contributed by atoms with Crippen LogP contribution in [0.1, 0.15) is 87.2 Å². The molecule has 0 radical (unpaired) electrons. The van der Waals surface area contributed by atoms with Gasteiger partial charge in [0.05, 0.1) is 10.2 Å². The van der Waals surface area contributed by atoms with Gasteiger partial charge in [-0.05, 0) is 70.5 Å². The fourth-order valence-electron chi connectivity index (χ4n) is 4.23. The lowest BCUT2D eigenvalue weighted by Gasteiger charge is -2.26. The van der Waals surface area contributed by atoms with Gasteiger partial charge in [-0.1, -0.05) is 43.6 Å². The summed E-state index contributed by atoms with van der Waals surface area (Å²) in [5, 5.41) is 0. The van der Waals surface area contributed by atoms with Crippen LogP contribution in [-0.2, 0) is 5.41 Å². The van der Waals surface area contributed by atoms with Crippen LogP contribution in [0.2, 0.25) is 0 Å². The quantitative estimate of drug-likeness (QED) is 0.390. The first-order valence-electron chi connectivity index (χ1n) is 9.83. The fourth-order valence-corrected chi connectivity index (χ4v) is 5.54. The van der Waals surface area contributed by atoms with Crippen molar-refractivity contribution in [2.24, 2.45) is 5.92 Å². The fraction of sp³-hybridized carbons (Fsp3) is 0.545. The third-order valence-electron chi connectivity index (χ3n) is 6.28. The molecule has 0 aromatic carbocycles. The van der Waals surface area contributed by atoms with Crippen LogP contribution in [0.4, 0.5) is 8.78 Å². The summed E-state index contributed by atoms with van der Waals surface area (Å²) in [7, 11) is 0. The number of pyridine rings is 2. The zero-order valence-electron chi connectivity index (χ0n) is 16.5. The van der Waals surface area contributed by atoms with Crippen LogP contribution in [0.5, 0.6) is 0 Å². The van der Waals surface area contributed by atoms with Crippen LogP contribution < -0.4 is 0 Å². The van der Waals surface area contributed by atoms with Gasteiger partial charge in [-0.25, -0.2) is 9.37 Å². The van der Waals surface area contributed by atoms with Gasteiger partial charge in [0.2, 0.25) is 5.95 Å².